The lowest BCUT2D eigenvalue weighted by atomic mass is 9.90. The van der Waals surface area contributed by atoms with Crippen LogP contribution in [0.5, 0.6) is 0 Å². The Morgan fingerprint density at radius 1 is 1.38 bits per heavy atom. The van der Waals surface area contributed by atoms with Gasteiger partial charge in [0.25, 0.3) is 0 Å². The standard InChI is InChI=1S/C13H16ClNO/c1-9-10(2)15(7-6-13(9)16)12-5-3-4-11(14)8-12/h3-5,8-10H,6-7H2,1-2H3. The summed E-state index contributed by atoms with van der Waals surface area (Å²) in [4.78, 5) is 13.9. The number of hydrogen-bond acceptors (Lipinski definition) is 2. The van der Waals surface area contributed by atoms with E-state index in [4.69, 9.17) is 11.6 Å². The Morgan fingerprint density at radius 3 is 2.81 bits per heavy atom. The van der Waals surface area contributed by atoms with E-state index in [-0.39, 0.29) is 12.0 Å². The van der Waals surface area contributed by atoms with Gasteiger partial charge in [0.1, 0.15) is 5.78 Å². The highest BCUT2D eigenvalue weighted by Gasteiger charge is 2.30. The highest BCUT2D eigenvalue weighted by molar-refractivity contribution is 6.30. The first-order chi connectivity index (χ1) is 7.59. The van der Waals surface area contributed by atoms with E-state index in [9.17, 15) is 4.79 Å². The number of rotatable bonds is 1. The second-order valence-electron chi connectivity index (χ2n) is 4.42. The molecule has 2 unspecified atom stereocenters. The molecule has 1 aromatic rings. The molecule has 2 nitrogen and oxygen atoms in total. The van der Waals surface area contributed by atoms with Crippen LogP contribution < -0.4 is 4.90 Å². The molecule has 1 aliphatic rings. The summed E-state index contributed by atoms with van der Waals surface area (Å²) in [6.45, 7) is 4.90. The predicted molar refractivity (Wildman–Crippen MR) is 67.0 cm³/mol. The molecule has 0 saturated carbocycles. The van der Waals surface area contributed by atoms with Crippen molar-refractivity contribution in [1.29, 1.82) is 0 Å². The molecule has 1 aromatic carbocycles. The van der Waals surface area contributed by atoms with E-state index in [0.29, 0.717) is 12.2 Å². The van der Waals surface area contributed by atoms with Crippen molar-refractivity contribution in [2.45, 2.75) is 26.3 Å². The number of carbonyl (C=O) groups is 1. The minimum absolute atomic E-state index is 0.104. The average Bonchev–Trinajstić information content (AvgIpc) is 2.26. The van der Waals surface area contributed by atoms with Crippen molar-refractivity contribution >= 4 is 23.1 Å². The zero-order valence-electron chi connectivity index (χ0n) is 9.61. The van der Waals surface area contributed by atoms with Crippen LogP contribution in [0, 0.1) is 5.92 Å². The number of ketones is 1. The third-order valence-electron chi connectivity index (χ3n) is 3.46. The van der Waals surface area contributed by atoms with Crippen LogP contribution in [0.2, 0.25) is 5.02 Å². The molecule has 1 heterocycles. The van der Waals surface area contributed by atoms with Gasteiger partial charge >= 0.3 is 0 Å². The number of benzene rings is 1. The zero-order valence-corrected chi connectivity index (χ0v) is 10.4. The van der Waals surface area contributed by atoms with Crippen LogP contribution in [-0.4, -0.2) is 18.4 Å². The Balaban J connectivity index is 2.25. The molecule has 0 aromatic heterocycles. The topological polar surface area (TPSA) is 20.3 Å². The number of Topliss-reactive ketones (excluding diaryl/α,β-unsaturated/α-hetero) is 1. The summed E-state index contributed by atoms with van der Waals surface area (Å²) in [7, 11) is 0. The van der Waals surface area contributed by atoms with Gasteiger partial charge in [-0.15, -0.1) is 0 Å². The summed E-state index contributed by atoms with van der Waals surface area (Å²) in [5.74, 6) is 0.471. The van der Waals surface area contributed by atoms with Crippen LogP contribution in [-0.2, 0) is 4.79 Å². The lowest BCUT2D eigenvalue weighted by Crippen LogP contribution is -2.46. The maximum absolute atomic E-state index is 11.6. The van der Waals surface area contributed by atoms with Gasteiger partial charge in [-0.05, 0) is 25.1 Å². The van der Waals surface area contributed by atoms with Crippen molar-refractivity contribution in [3.8, 4) is 0 Å². The largest absolute Gasteiger partial charge is 0.368 e. The van der Waals surface area contributed by atoms with Gasteiger partial charge in [-0.25, -0.2) is 0 Å². The molecule has 0 aliphatic carbocycles. The van der Waals surface area contributed by atoms with Crippen LogP contribution in [0.1, 0.15) is 20.3 Å². The number of carbonyl (C=O) groups excluding carboxylic acids is 1. The van der Waals surface area contributed by atoms with Crippen LogP contribution >= 0.6 is 11.6 Å². The SMILES string of the molecule is CC1C(=O)CCN(c2cccc(Cl)c2)C1C. The number of hydrogen-bond donors (Lipinski definition) is 0. The first kappa shape index (κ1) is 11.5. The number of nitrogens with zero attached hydrogens (tertiary/aromatic N) is 1. The van der Waals surface area contributed by atoms with E-state index >= 15 is 0 Å². The maximum atomic E-state index is 11.6. The molecule has 0 N–H and O–H groups in total. The van der Waals surface area contributed by atoms with E-state index in [1.165, 1.54) is 0 Å². The van der Waals surface area contributed by atoms with Gasteiger partial charge in [0.15, 0.2) is 0 Å². The molecule has 0 radical (unpaired) electrons. The van der Waals surface area contributed by atoms with Gasteiger partial charge in [-0.1, -0.05) is 24.6 Å². The Morgan fingerprint density at radius 2 is 2.12 bits per heavy atom. The Bertz CT molecular complexity index is 405. The molecule has 1 fully saturated rings. The van der Waals surface area contributed by atoms with E-state index in [1.54, 1.807) is 0 Å². The Hall–Kier alpha value is -1.02. The van der Waals surface area contributed by atoms with Crippen molar-refractivity contribution < 1.29 is 4.79 Å². The smallest absolute Gasteiger partial charge is 0.139 e. The van der Waals surface area contributed by atoms with Gasteiger partial charge in [0.05, 0.1) is 0 Å². The first-order valence-corrected chi connectivity index (χ1v) is 6.02. The van der Waals surface area contributed by atoms with Crippen LogP contribution in [0.25, 0.3) is 0 Å². The second kappa shape index (κ2) is 4.46. The number of anilines is 1. The van der Waals surface area contributed by atoms with Crippen molar-refractivity contribution in [3.63, 3.8) is 0 Å². The molecule has 0 spiro atoms. The molecule has 0 amide bonds. The van der Waals surface area contributed by atoms with Crippen molar-refractivity contribution in [3.05, 3.63) is 29.3 Å². The van der Waals surface area contributed by atoms with Gasteiger partial charge in [-0.3, -0.25) is 4.79 Å². The van der Waals surface area contributed by atoms with Gasteiger partial charge in [-0.2, -0.15) is 0 Å². The van der Waals surface area contributed by atoms with Gasteiger partial charge in [0.2, 0.25) is 0 Å². The maximum Gasteiger partial charge on any atom is 0.139 e. The molecule has 16 heavy (non-hydrogen) atoms. The molecule has 86 valence electrons. The highest BCUT2D eigenvalue weighted by Crippen LogP contribution is 2.28. The van der Waals surface area contributed by atoms with Gasteiger partial charge < -0.3 is 4.90 Å². The summed E-state index contributed by atoms with van der Waals surface area (Å²) in [6.07, 6.45) is 0.637. The number of piperidine rings is 1. The molecule has 2 rings (SSSR count). The minimum atomic E-state index is 0.104. The van der Waals surface area contributed by atoms with Crippen molar-refractivity contribution in [2.75, 3.05) is 11.4 Å². The fourth-order valence-corrected chi connectivity index (χ4v) is 2.40. The third kappa shape index (κ3) is 2.07. The lowest BCUT2D eigenvalue weighted by molar-refractivity contribution is -0.123. The van der Waals surface area contributed by atoms with Crippen LogP contribution in [0.3, 0.4) is 0 Å². The Labute approximate surface area is 101 Å². The van der Waals surface area contributed by atoms with E-state index < -0.39 is 0 Å². The Kier molecular flexibility index (Phi) is 3.20. The van der Waals surface area contributed by atoms with E-state index in [1.807, 2.05) is 31.2 Å². The summed E-state index contributed by atoms with van der Waals surface area (Å²) in [6, 6.07) is 8.07. The quantitative estimate of drug-likeness (QED) is 0.748. The molecular formula is C13H16ClNO. The third-order valence-corrected chi connectivity index (χ3v) is 3.70. The molecule has 1 saturated heterocycles. The molecule has 3 heteroatoms. The van der Waals surface area contributed by atoms with Crippen molar-refractivity contribution in [2.24, 2.45) is 5.92 Å². The van der Waals surface area contributed by atoms with Crippen LogP contribution in [0.15, 0.2) is 24.3 Å². The molecule has 1 aliphatic heterocycles. The fourth-order valence-electron chi connectivity index (χ4n) is 2.22. The van der Waals surface area contributed by atoms with Crippen LogP contribution in [0.4, 0.5) is 5.69 Å². The summed E-state index contributed by atoms with van der Waals surface area (Å²) >= 11 is 5.98. The second-order valence-corrected chi connectivity index (χ2v) is 4.86. The van der Waals surface area contributed by atoms with Crippen molar-refractivity contribution in [1.82, 2.24) is 0 Å². The van der Waals surface area contributed by atoms with E-state index in [0.717, 1.165) is 17.3 Å². The summed E-state index contributed by atoms with van der Waals surface area (Å²) in [5, 5.41) is 0.745. The van der Waals surface area contributed by atoms with Gasteiger partial charge in [0, 0.05) is 35.6 Å². The molecule has 0 bridgehead atoms. The fraction of sp³-hybridized carbons (Fsp3) is 0.462. The van der Waals surface area contributed by atoms with E-state index in [2.05, 4.69) is 11.8 Å². The number of halogens is 1. The summed E-state index contributed by atoms with van der Waals surface area (Å²) in [5.41, 5.74) is 1.11. The average molecular weight is 238 g/mol. The predicted octanol–water partition coefficient (Wildman–Crippen LogP) is 3.14. The monoisotopic (exact) mass is 237 g/mol. The minimum Gasteiger partial charge on any atom is -0.368 e. The molecular weight excluding hydrogens is 222 g/mol. The summed E-state index contributed by atoms with van der Waals surface area (Å²) < 4.78 is 0. The molecule has 2 atom stereocenters. The highest BCUT2D eigenvalue weighted by atomic mass is 35.5. The normalized spacial score (nSPS) is 25.9. The zero-order chi connectivity index (χ0) is 11.7. The lowest BCUT2D eigenvalue weighted by Gasteiger charge is -2.38. The first-order valence-electron chi connectivity index (χ1n) is 5.64.